The van der Waals surface area contributed by atoms with E-state index in [9.17, 15) is 5.11 Å². The lowest BCUT2D eigenvalue weighted by Gasteiger charge is -2.37. The Morgan fingerprint density at radius 1 is 1.19 bits per heavy atom. The monoisotopic (exact) mass is 301 g/mol. The van der Waals surface area contributed by atoms with E-state index in [4.69, 9.17) is 11.6 Å². The smallest absolute Gasteiger partial charge is 0.0762 e. The maximum atomic E-state index is 9.69. The third kappa shape index (κ3) is 2.66. The summed E-state index contributed by atoms with van der Waals surface area (Å²) in [5.74, 6) is 0. The van der Waals surface area contributed by atoms with Crippen molar-refractivity contribution < 1.29 is 5.11 Å². The molecular formula is C18H20ClNO. The third-order valence-electron chi connectivity index (χ3n) is 4.24. The molecule has 1 aliphatic heterocycles. The first-order chi connectivity index (χ1) is 10.1. The van der Waals surface area contributed by atoms with Crippen molar-refractivity contribution in [3.63, 3.8) is 0 Å². The van der Waals surface area contributed by atoms with Gasteiger partial charge < -0.3 is 10.0 Å². The van der Waals surface area contributed by atoms with E-state index in [1.54, 1.807) is 6.92 Å². The summed E-state index contributed by atoms with van der Waals surface area (Å²) in [6.45, 7) is 3.99. The maximum Gasteiger partial charge on any atom is 0.0762 e. The second-order valence-electron chi connectivity index (χ2n) is 5.77. The third-order valence-corrected chi connectivity index (χ3v) is 4.54. The lowest BCUT2D eigenvalue weighted by Crippen LogP contribution is -2.33. The largest absolute Gasteiger partial charge is 0.389 e. The minimum absolute atomic E-state index is 0.412. The molecule has 1 N–H and O–H groups in total. The van der Waals surface area contributed by atoms with Gasteiger partial charge in [0.1, 0.15) is 0 Å². The Bertz CT molecular complexity index is 653. The number of aliphatic hydroxyl groups is 1. The lowest BCUT2D eigenvalue weighted by atomic mass is 9.95. The zero-order valence-corrected chi connectivity index (χ0v) is 13.1. The van der Waals surface area contributed by atoms with Gasteiger partial charge >= 0.3 is 0 Å². The van der Waals surface area contributed by atoms with Crippen molar-refractivity contribution in [1.82, 2.24) is 0 Å². The molecule has 0 bridgehead atoms. The molecule has 1 aliphatic rings. The van der Waals surface area contributed by atoms with Gasteiger partial charge in [0.25, 0.3) is 0 Å². The van der Waals surface area contributed by atoms with E-state index in [1.165, 1.54) is 11.3 Å². The summed E-state index contributed by atoms with van der Waals surface area (Å²) in [5, 5.41) is 10.4. The average molecular weight is 302 g/mol. The summed E-state index contributed by atoms with van der Waals surface area (Å²) in [4.78, 5) is 2.31. The van der Waals surface area contributed by atoms with Crippen LogP contribution >= 0.6 is 11.6 Å². The van der Waals surface area contributed by atoms with E-state index in [-0.39, 0.29) is 0 Å². The Labute approximate surface area is 131 Å². The van der Waals surface area contributed by atoms with Crippen molar-refractivity contribution in [2.24, 2.45) is 0 Å². The Morgan fingerprint density at radius 3 is 2.67 bits per heavy atom. The van der Waals surface area contributed by atoms with Gasteiger partial charge in [-0.2, -0.15) is 0 Å². The molecule has 3 rings (SSSR count). The van der Waals surface area contributed by atoms with Crippen molar-refractivity contribution in [3.05, 3.63) is 58.6 Å². The van der Waals surface area contributed by atoms with E-state index in [0.717, 1.165) is 24.1 Å². The number of halogens is 1. The molecule has 21 heavy (non-hydrogen) atoms. The highest BCUT2D eigenvalue weighted by molar-refractivity contribution is 6.33. The number of aliphatic hydroxyl groups excluding tert-OH is 1. The van der Waals surface area contributed by atoms with Crippen molar-refractivity contribution in [3.8, 4) is 0 Å². The van der Waals surface area contributed by atoms with E-state index in [2.05, 4.69) is 36.1 Å². The minimum atomic E-state index is -0.498. The van der Waals surface area contributed by atoms with E-state index in [0.29, 0.717) is 11.1 Å². The minimum Gasteiger partial charge on any atom is -0.389 e. The molecule has 0 aromatic heterocycles. The molecule has 2 aromatic carbocycles. The molecule has 0 saturated heterocycles. The zero-order chi connectivity index (χ0) is 15.0. The normalized spacial score (nSPS) is 19.2. The Hall–Kier alpha value is -1.51. The molecule has 110 valence electrons. The fraction of sp³-hybridized carbons (Fsp3) is 0.333. The van der Waals surface area contributed by atoms with Gasteiger partial charge in [-0.1, -0.05) is 35.9 Å². The van der Waals surface area contributed by atoms with Gasteiger partial charge in [0.15, 0.2) is 0 Å². The number of benzene rings is 2. The van der Waals surface area contributed by atoms with Crippen LogP contribution in [0.3, 0.4) is 0 Å². The van der Waals surface area contributed by atoms with Gasteiger partial charge in [-0.15, -0.1) is 0 Å². The Balaban J connectivity index is 2.07. The standard InChI is InChI=1S/C18H20ClNO/c1-12-7-8-14-5-3-4-6-17(14)20(12)18-10-9-15(13(2)21)11-16(18)19/h3-6,9-13,21H,7-8H2,1-2H3/t12?,13-/m1/s1. The van der Waals surface area contributed by atoms with Gasteiger partial charge in [-0.05, 0) is 56.0 Å². The predicted molar refractivity (Wildman–Crippen MR) is 88.4 cm³/mol. The van der Waals surface area contributed by atoms with Gasteiger partial charge in [-0.3, -0.25) is 0 Å². The van der Waals surface area contributed by atoms with Crippen LogP contribution in [-0.2, 0) is 6.42 Å². The predicted octanol–water partition coefficient (Wildman–Crippen LogP) is 4.87. The first-order valence-electron chi connectivity index (χ1n) is 7.42. The molecule has 2 aromatic rings. The van der Waals surface area contributed by atoms with Gasteiger partial charge in [-0.25, -0.2) is 0 Å². The van der Waals surface area contributed by atoms with Crippen LogP contribution in [0.5, 0.6) is 0 Å². The highest BCUT2D eigenvalue weighted by Gasteiger charge is 2.25. The van der Waals surface area contributed by atoms with Crippen LogP contribution in [-0.4, -0.2) is 11.1 Å². The molecule has 0 radical (unpaired) electrons. The summed E-state index contributed by atoms with van der Waals surface area (Å²) < 4.78 is 0. The van der Waals surface area contributed by atoms with E-state index >= 15 is 0 Å². The van der Waals surface area contributed by atoms with Crippen molar-refractivity contribution in [1.29, 1.82) is 0 Å². The van der Waals surface area contributed by atoms with Gasteiger partial charge in [0, 0.05) is 11.7 Å². The summed E-state index contributed by atoms with van der Waals surface area (Å²) in [5.41, 5.74) is 4.47. The first kappa shape index (κ1) is 14.4. The van der Waals surface area contributed by atoms with Crippen LogP contribution in [0.15, 0.2) is 42.5 Å². The molecule has 1 unspecified atom stereocenters. The number of anilines is 2. The van der Waals surface area contributed by atoms with E-state index in [1.807, 2.05) is 18.2 Å². The highest BCUT2D eigenvalue weighted by Crippen LogP contribution is 2.40. The zero-order valence-electron chi connectivity index (χ0n) is 12.4. The second kappa shape index (κ2) is 5.70. The lowest BCUT2D eigenvalue weighted by molar-refractivity contribution is 0.199. The second-order valence-corrected chi connectivity index (χ2v) is 6.18. The van der Waals surface area contributed by atoms with Crippen LogP contribution < -0.4 is 4.90 Å². The summed E-state index contributed by atoms with van der Waals surface area (Å²) in [6.07, 6.45) is 1.73. The molecule has 0 aliphatic carbocycles. The topological polar surface area (TPSA) is 23.5 Å². The van der Waals surface area contributed by atoms with Gasteiger partial charge in [0.2, 0.25) is 0 Å². The molecule has 2 atom stereocenters. The number of hydrogen-bond acceptors (Lipinski definition) is 2. The molecule has 0 saturated carbocycles. The Morgan fingerprint density at radius 2 is 1.95 bits per heavy atom. The molecule has 0 spiro atoms. The maximum absolute atomic E-state index is 9.69. The summed E-state index contributed by atoms with van der Waals surface area (Å²) in [7, 11) is 0. The Kier molecular flexibility index (Phi) is 3.92. The van der Waals surface area contributed by atoms with E-state index < -0.39 is 6.10 Å². The number of fused-ring (bicyclic) bond motifs is 1. The highest BCUT2D eigenvalue weighted by atomic mass is 35.5. The van der Waals surface area contributed by atoms with Gasteiger partial charge in [0.05, 0.1) is 16.8 Å². The fourth-order valence-electron chi connectivity index (χ4n) is 3.03. The number of para-hydroxylation sites is 1. The molecule has 2 nitrogen and oxygen atoms in total. The van der Waals surface area contributed by atoms with Crippen LogP contribution in [0, 0.1) is 0 Å². The number of nitrogens with zero attached hydrogens (tertiary/aromatic N) is 1. The van der Waals surface area contributed by atoms with Crippen LogP contribution in [0.25, 0.3) is 0 Å². The van der Waals surface area contributed by atoms with Crippen LogP contribution in [0.1, 0.15) is 37.5 Å². The molecular weight excluding hydrogens is 282 g/mol. The quantitative estimate of drug-likeness (QED) is 0.855. The SMILES string of the molecule is CC1CCc2ccccc2N1c1ccc([C@@H](C)O)cc1Cl. The molecule has 3 heteroatoms. The number of hydrogen-bond donors (Lipinski definition) is 1. The van der Waals surface area contributed by atoms with Crippen molar-refractivity contribution in [2.45, 2.75) is 38.8 Å². The molecule has 1 heterocycles. The van der Waals surface area contributed by atoms with Crippen LogP contribution in [0.4, 0.5) is 11.4 Å². The molecule has 0 amide bonds. The first-order valence-corrected chi connectivity index (χ1v) is 7.80. The summed E-state index contributed by atoms with van der Waals surface area (Å²) >= 11 is 6.49. The van der Waals surface area contributed by atoms with Crippen molar-refractivity contribution >= 4 is 23.0 Å². The van der Waals surface area contributed by atoms with Crippen LogP contribution in [0.2, 0.25) is 5.02 Å². The summed E-state index contributed by atoms with van der Waals surface area (Å²) in [6, 6.07) is 14.8. The fourth-order valence-corrected chi connectivity index (χ4v) is 3.31. The average Bonchev–Trinajstić information content (AvgIpc) is 2.48. The van der Waals surface area contributed by atoms with Crippen molar-refractivity contribution in [2.75, 3.05) is 4.90 Å². The molecule has 0 fully saturated rings. The number of rotatable bonds is 2. The number of aryl methyl sites for hydroxylation is 1.